The molecule has 1 aromatic carbocycles. The Morgan fingerprint density at radius 2 is 2.18 bits per heavy atom. The molecule has 0 bridgehead atoms. The van der Waals surface area contributed by atoms with E-state index < -0.39 is 4.92 Å². The van der Waals surface area contributed by atoms with Gasteiger partial charge in [0, 0.05) is 23.9 Å². The Balaban J connectivity index is 2.59. The predicted molar refractivity (Wildman–Crippen MR) is 64.9 cm³/mol. The van der Waals surface area contributed by atoms with Gasteiger partial charge in [-0.05, 0) is 6.07 Å². The number of hydrogen-bond acceptors (Lipinski definition) is 4. The average molecular weight is 237 g/mol. The summed E-state index contributed by atoms with van der Waals surface area (Å²) in [7, 11) is 0. The quantitative estimate of drug-likeness (QED) is 0.600. The average Bonchev–Trinajstić information content (AvgIpc) is 2.26. The van der Waals surface area contributed by atoms with Gasteiger partial charge in [0.25, 0.3) is 5.69 Å². The summed E-state index contributed by atoms with van der Waals surface area (Å²) in [5.74, 6) is -0.223. The molecule has 0 aliphatic heterocycles. The van der Waals surface area contributed by atoms with E-state index in [4.69, 9.17) is 0 Å². The van der Waals surface area contributed by atoms with Gasteiger partial charge in [0.2, 0.25) is 5.91 Å². The number of benzene rings is 1. The molecule has 0 heterocycles. The van der Waals surface area contributed by atoms with Crippen LogP contribution in [0.2, 0.25) is 0 Å². The van der Waals surface area contributed by atoms with E-state index in [2.05, 4.69) is 10.6 Å². The SMILES string of the molecule is CC(C)NCC(=O)Nc1cccc([N+](=O)[O-])c1. The van der Waals surface area contributed by atoms with E-state index in [9.17, 15) is 14.9 Å². The number of nitro benzene ring substituents is 1. The van der Waals surface area contributed by atoms with Crippen molar-refractivity contribution in [3.05, 3.63) is 34.4 Å². The molecule has 0 saturated heterocycles. The van der Waals surface area contributed by atoms with Crippen LogP contribution in [0.3, 0.4) is 0 Å². The second kappa shape index (κ2) is 5.95. The van der Waals surface area contributed by atoms with E-state index in [-0.39, 0.29) is 24.2 Å². The lowest BCUT2D eigenvalue weighted by Gasteiger charge is -2.08. The first kappa shape index (κ1) is 13.1. The first-order valence-electron chi connectivity index (χ1n) is 5.26. The molecule has 1 amide bonds. The lowest BCUT2D eigenvalue weighted by atomic mass is 10.3. The van der Waals surface area contributed by atoms with Gasteiger partial charge in [0.05, 0.1) is 11.5 Å². The first-order chi connectivity index (χ1) is 7.99. The van der Waals surface area contributed by atoms with E-state index in [0.29, 0.717) is 5.69 Å². The molecule has 17 heavy (non-hydrogen) atoms. The maximum atomic E-state index is 11.5. The zero-order valence-corrected chi connectivity index (χ0v) is 9.77. The number of nitrogens with zero attached hydrogens (tertiary/aromatic N) is 1. The normalized spacial score (nSPS) is 10.3. The molecular weight excluding hydrogens is 222 g/mol. The Kier molecular flexibility index (Phi) is 4.59. The van der Waals surface area contributed by atoms with Crippen LogP contribution in [-0.2, 0) is 4.79 Å². The molecule has 0 fully saturated rings. The lowest BCUT2D eigenvalue weighted by Crippen LogP contribution is -2.32. The van der Waals surface area contributed by atoms with Crippen molar-refractivity contribution in [3.8, 4) is 0 Å². The van der Waals surface area contributed by atoms with Gasteiger partial charge in [-0.2, -0.15) is 0 Å². The summed E-state index contributed by atoms with van der Waals surface area (Å²) in [6.45, 7) is 4.04. The molecule has 6 nitrogen and oxygen atoms in total. The van der Waals surface area contributed by atoms with Crippen LogP contribution in [-0.4, -0.2) is 23.4 Å². The largest absolute Gasteiger partial charge is 0.325 e. The van der Waals surface area contributed by atoms with Gasteiger partial charge in [-0.3, -0.25) is 14.9 Å². The van der Waals surface area contributed by atoms with Crippen LogP contribution in [0.15, 0.2) is 24.3 Å². The zero-order valence-electron chi connectivity index (χ0n) is 9.77. The van der Waals surface area contributed by atoms with Crippen molar-refractivity contribution in [2.45, 2.75) is 19.9 Å². The highest BCUT2D eigenvalue weighted by Crippen LogP contribution is 2.16. The van der Waals surface area contributed by atoms with Crippen molar-refractivity contribution in [1.29, 1.82) is 0 Å². The Bertz CT molecular complexity index is 418. The predicted octanol–water partition coefficient (Wildman–Crippen LogP) is 1.53. The van der Waals surface area contributed by atoms with Crippen molar-refractivity contribution in [1.82, 2.24) is 5.32 Å². The third-order valence-corrected chi connectivity index (χ3v) is 2.01. The molecule has 0 aliphatic rings. The minimum absolute atomic E-state index is 0.0420. The van der Waals surface area contributed by atoms with E-state index in [1.807, 2.05) is 13.8 Å². The number of carbonyl (C=O) groups excluding carboxylic acids is 1. The fourth-order valence-corrected chi connectivity index (χ4v) is 1.20. The number of nitro groups is 1. The van der Waals surface area contributed by atoms with Gasteiger partial charge >= 0.3 is 0 Å². The van der Waals surface area contributed by atoms with E-state index in [1.165, 1.54) is 18.2 Å². The standard InChI is InChI=1S/C11H15N3O3/c1-8(2)12-7-11(15)13-9-4-3-5-10(6-9)14(16)17/h3-6,8,12H,7H2,1-2H3,(H,13,15). The molecule has 0 spiro atoms. The van der Waals surface area contributed by atoms with Gasteiger partial charge in [0.15, 0.2) is 0 Å². The molecule has 0 aliphatic carbocycles. The van der Waals surface area contributed by atoms with Crippen molar-refractivity contribution in [2.75, 3.05) is 11.9 Å². The summed E-state index contributed by atoms with van der Waals surface area (Å²) in [6.07, 6.45) is 0. The maximum absolute atomic E-state index is 11.5. The third kappa shape index (κ3) is 4.60. The van der Waals surface area contributed by atoms with E-state index in [1.54, 1.807) is 6.07 Å². The molecule has 2 N–H and O–H groups in total. The Hall–Kier alpha value is -1.95. The molecule has 1 aromatic rings. The number of nitrogens with one attached hydrogen (secondary N) is 2. The molecule has 0 unspecified atom stereocenters. The minimum Gasteiger partial charge on any atom is -0.325 e. The Labute approximate surface area is 99.2 Å². The van der Waals surface area contributed by atoms with Gasteiger partial charge in [-0.25, -0.2) is 0 Å². The number of rotatable bonds is 5. The summed E-state index contributed by atoms with van der Waals surface area (Å²) >= 11 is 0. The second-order valence-electron chi connectivity index (χ2n) is 3.89. The number of anilines is 1. The summed E-state index contributed by atoms with van der Waals surface area (Å²) < 4.78 is 0. The van der Waals surface area contributed by atoms with Gasteiger partial charge < -0.3 is 10.6 Å². The molecule has 1 rings (SSSR count). The van der Waals surface area contributed by atoms with Crippen LogP contribution in [0.25, 0.3) is 0 Å². The molecule has 6 heteroatoms. The highest BCUT2D eigenvalue weighted by molar-refractivity contribution is 5.92. The lowest BCUT2D eigenvalue weighted by molar-refractivity contribution is -0.384. The molecule has 0 aromatic heterocycles. The van der Waals surface area contributed by atoms with Crippen molar-refractivity contribution >= 4 is 17.3 Å². The fourth-order valence-electron chi connectivity index (χ4n) is 1.20. The van der Waals surface area contributed by atoms with Crippen molar-refractivity contribution in [2.24, 2.45) is 0 Å². The minimum atomic E-state index is -0.498. The molecular formula is C11H15N3O3. The summed E-state index contributed by atoms with van der Waals surface area (Å²) in [4.78, 5) is 21.5. The number of hydrogen-bond donors (Lipinski definition) is 2. The van der Waals surface area contributed by atoms with Gasteiger partial charge in [0.1, 0.15) is 0 Å². The molecule has 0 radical (unpaired) electrons. The van der Waals surface area contributed by atoms with Gasteiger partial charge in [-0.1, -0.05) is 19.9 Å². The highest BCUT2D eigenvalue weighted by atomic mass is 16.6. The van der Waals surface area contributed by atoms with Gasteiger partial charge in [-0.15, -0.1) is 0 Å². The fraction of sp³-hybridized carbons (Fsp3) is 0.364. The number of amides is 1. The first-order valence-corrected chi connectivity index (χ1v) is 5.26. The van der Waals surface area contributed by atoms with Crippen LogP contribution >= 0.6 is 0 Å². The molecule has 0 atom stereocenters. The van der Waals surface area contributed by atoms with Crippen LogP contribution in [0.1, 0.15) is 13.8 Å². The molecule has 0 saturated carbocycles. The van der Waals surface area contributed by atoms with E-state index in [0.717, 1.165) is 0 Å². The van der Waals surface area contributed by atoms with Crippen molar-refractivity contribution < 1.29 is 9.72 Å². The monoisotopic (exact) mass is 237 g/mol. The summed E-state index contributed by atoms with van der Waals surface area (Å²) in [5.41, 5.74) is 0.384. The van der Waals surface area contributed by atoms with Crippen LogP contribution in [0.4, 0.5) is 11.4 Å². The van der Waals surface area contributed by atoms with Crippen molar-refractivity contribution in [3.63, 3.8) is 0 Å². The smallest absolute Gasteiger partial charge is 0.271 e. The zero-order chi connectivity index (χ0) is 12.8. The Morgan fingerprint density at radius 1 is 1.47 bits per heavy atom. The van der Waals surface area contributed by atoms with Crippen LogP contribution in [0.5, 0.6) is 0 Å². The summed E-state index contributed by atoms with van der Waals surface area (Å²) in [5, 5.41) is 16.1. The number of non-ortho nitro benzene ring substituents is 1. The topological polar surface area (TPSA) is 84.3 Å². The third-order valence-electron chi connectivity index (χ3n) is 2.01. The molecule has 92 valence electrons. The summed E-state index contributed by atoms with van der Waals surface area (Å²) in [6, 6.07) is 6.06. The van der Waals surface area contributed by atoms with E-state index >= 15 is 0 Å². The maximum Gasteiger partial charge on any atom is 0.271 e. The highest BCUT2D eigenvalue weighted by Gasteiger charge is 2.08. The van der Waals surface area contributed by atoms with Crippen LogP contribution in [0, 0.1) is 10.1 Å². The Morgan fingerprint density at radius 3 is 2.76 bits per heavy atom. The second-order valence-corrected chi connectivity index (χ2v) is 3.89. The number of carbonyl (C=O) groups is 1. The van der Waals surface area contributed by atoms with Crippen LogP contribution < -0.4 is 10.6 Å².